The van der Waals surface area contributed by atoms with E-state index in [-0.39, 0.29) is 19.4 Å². The third kappa shape index (κ3) is 8.47. The molecule has 194 valence electrons. The number of esters is 1. The summed E-state index contributed by atoms with van der Waals surface area (Å²) in [5.74, 6) is -1.99. The maximum Gasteiger partial charge on any atom is 0.408 e. The molecule has 35 heavy (non-hydrogen) atoms. The summed E-state index contributed by atoms with van der Waals surface area (Å²) >= 11 is 0. The molecule has 13 nitrogen and oxygen atoms in total. The molecule has 1 saturated heterocycles. The third-order valence-electron chi connectivity index (χ3n) is 5.25. The van der Waals surface area contributed by atoms with Gasteiger partial charge in [0, 0.05) is 13.3 Å². The lowest BCUT2D eigenvalue weighted by Gasteiger charge is -2.42. The summed E-state index contributed by atoms with van der Waals surface area (Å²) in [5.41, 5.74) is 0.742. The van der Waals surface area contributed by atoms with Gasteiger partial charge < -0.3 is 45.5 Å². The Morgan fingerprint density at radius 2 is 1.77 bits per heavy atom. The Balaban J connectivity index is 1.94. The van der Waals surface area contributed by atoms with Crippen LogP contribution in [0.25, 0.3) is 0 Å². The molecule has 1 aromatic carbocycles. The van der Waals surface area contributed by atoms with Gasteiger partial charge in [-0.25, -0.2) is 9.59 Å². The van der Waals surface area contributed by atoms with Crippen LogP contribution in [0, 0.1) is 0 Å². The highest BCUT2D eigenvalue weighted by molar-refractivity contribution is 5.83. The van der Waals surface area contributed by atoms with Crippen molar-refractivity contribution >= 4 is 23.9 Å². The summed E-state index contributed by atoms with van der Waals surface area (Å²) in [6.45, 7) is 0.515. The number of ether oxygens (including phenoxy) is 3. The zero-order valence-corrected chi connectivity index (χ0v) is 19.4. The standard InChI is InChI=1S/C22H31N3O10/c1-12(27)23-17-19(30)18(29)15(10-26)35-20(17)25-16(28)9-8-14(21(31)33-2)24-22(32)34-11-13-6-4-3-5-7-13/h3-7,14-15,17-20,26,29-30H,8-11H2,1-2H3,(H,23,27)(H,24,32)(H,25,28)/t14-,15+,17+,18+,19+,20+/m0/s1. The van der Waals surface area contributed by atoms with Crippen LogP contribution in [0.15, 0.2) is 30.3 Å². The van der Waals surface area contributed by atoms with Gasteiger partial charge in [-0.15, -0.1) is 0 Å². The van der Waals surface area contributed by atoms with Gasteiger partial charge in [-0.05, 0) is 12.0 Å². The van der Waals surface area contributed by atoms with Crippen LogP contribution in [0.5, 0.6) is 0 Å². The summed E-state index contributed by atoms with van der Waals surface area (Å²) < 4.78 is 15.2. The van der Waals surface area contributed by atoms with E-state index < -0.39 is 67.1 Å². The van der Waals surface area contributed by atoms with E-state index in [4.69, 9.17) is 9.47 Å². The molecule has 3 amide bonds. The van der Waals surface area contributed by atoms with E-state index in [0.717, 1.165) is 12.7 Å². The summed E-state index contributed by atoms with van der Waals surface area (Å²) in [5, 5.41) is 36.9. The van der Waals surface area contributed by atoms with Crippen LogP contribution in [0.1, 0.15) is 25.3 Å². The van der Waals surface area contributed by atoms with Gasteiger partial charge in [0.25, 0.3) is 0 Å². The topological polar surface area (TPSA) is 193 Å². The normalized spacial score (nSPS) is 24.5. The number of carbonyl (C=O) groups is 4. The summed E-state index contributed by atoms with van der Waals surface area (Å²) in [7, 11) is 1.13. The quantitative estimate of drug-likeness (QED) is 0.203. The first kappa shape index (κ1) is 28.0. The molecule has 1 fully saturated rings. The van der Waals surface area contributed by atoms with Gasteiger partial charge in [-0.2, -0.15) is 0 Å². The van der Waals surface area contributed by atoms with Gasteiger partial charge in [-0.3, -0.25) is 9.59 Å². The minimum Gasteiger partial charge on any atom is -0.467 e. The van der Waals surface area contributed by atoms with Crippen LogP contribution in [-0.2, 0) is 35.2 Å². The van der Waals surface area contributed by atoms with E-state index in [0.29, 0.717) is 0 Å². The average molecular weight is 498 g/mol. The second-order valence-electron chi connectivity index (χ2n) is 7.87. The van der Waals surface area contributed by atoms with Crippen LogP contribution < -0.4 is 16.0 Å². The molecule has 2 rings (SSSR count). The van der Waals surface area contributed by atoms with Gasteiger partial charge in [0.15, 0.2) is 6.23 Å². The molecule has 0 spiro atoms. The number of nitrogens with one attached hydrogen (secondary N) is 3. The molecule has 13 heteroatoms. The van der Waals surface area contributed by atoms with Crippen LogP contribution >= 0.6 is 0 Å². The fourth-order valence-electron chi connectivity index (χ4n) is 3.44. The number of rotatable bonds is 10. The molecule has 0 bridgehead atoms. The highest BCUT2D eigenvalue weighted by Crippen LogP contribution is 2.20. The lowest BCUT2D eigenvalue weighted by molar-refractivity contribution is -0.203. The Bertz CT molecular complexity index is 868. The molecule has 1 aliphatic rings. The van der Waals surface area contributed by atoms with Gasteiger partial charge in [0.1, 0.15) is 37.0 Å². The van der Waals surface area contributed by atoms with E-state index >= 15 is 0 Å². The van der Waals surface area contributed by atoms with Gasteiger partial charge >= 0.3 is 12.1 Å². The van der Waals surface area contributed by atoms with E-state index in [1.165, 1.54) is 6.92 Å². The van der Waals surface area contributed by atoms with Crippen LogP contribution in [0.4, 0.5) is 4.79 Å². The van der Waals surface area contributed by atoms with Crippen molar-refractivity contribution in [3.63, 3.8) is 0 Å². The average Bonchev–Trinajstić information content (AvgIpc) is 2.84. The first-order chi connectivity index (χ1) is 16.7. The van der Waals surface area contributed by atoms with Crippen molar-refractivity contribution in [2.45, 2.75) is 63.0 Å². The fourth-order valence-corrected chi connectivity index (χ4v) is 3.44. The van der Waals surface area contributed by atoms with Crippen molar-refractivity contribution in [3.05, 3.63) is 35.9 Å². The third-order valence-corrected chi connectivity index (χ3v) is 5.25. The Morgan fingerprint density at radius 1 is 1.09 bits per heavy atom. The first-order valence-corrected chi connectivity index (χ1v) is 10.9. The molecule has 1 aliphatic heterocycles. The molecule has 0 unspecified atom stereocenters. The van der Waals surface area contributed by atoms with Crippen LogP contribution in [-0.4, -0.2) is 89.5 Å². The Kier molecular flexibility index (Phi) is 10.9. The number of methoxy groups -OCH3 is 1. The van der Waals surface area contributed by atoms with Gasteiger partial charge in [-0.1, -0.05) is 30.3 Å². The monoisotopic (exact) mass is 497 g/mol. The summed E-state index contributed by atoms with van der Waals surface area (Å²) in [6.07, 6.45) is -6.84. The smallest absolute Gasteiger partial charge is 0.408 e. The number of aliphatic hydroxyl groups excluding tert-OH is 3. The maximum absolute atomic E-state index is 12.5. The lowest BCUT2D eigenvalue weighted by atomic mass is 9.95. The van der Waals surface area contributed by atoms with Crippen molar-refractivity contribution < 1.29 is 48.7 Å². The van der Waals surface area contributed by atoms with Crippen LogP contribution in [0.3, 0.4) is 0 Å². The van der Waals surface area contributed by atoms with Crippen molar-refractivity contribution in [2.24, 2.45) is 0 Å². The van der Waals surface area contributed by atoms with Gasteiger partial charge in [0.05, 0.1) is 13.7 Å². The second-order valence-corrected chi connectivity index (χ2v) is 7.87. The maximum atomic E-state index is 12.5. The largest absolute Gasteiger partial charge is 0.467 e. The number of carbonyl (C=O) groups excluding carboxylic acids is 4. The van der Waals surface area contributed by atoms with Crippen LogP contribution in [0.2, 0.25) is 0 Å². The number of alkyl carbamates (subject to hydrolysis) is 1. The highest BCUT2D eigenvalue weighted by atomic mass is 16.6. The number of hydrogen-bond donors (Lipinski definition) is 6. The zero-order chi connectivity index (χ0) is 26.0. The van der Waals surface area contributed by atoms with Crippen molar-refractivity contribution in [1.82, 2.24) is 16.0 Å². The molecule has 0 saturated carbocycles. The molecular formula is C22H31N3O10. The van der Waals surface area contributed by atoms with Crippen molar-refractivity contribution in [3.8, 4) is 0 Å². The minimum absolute atomic E-state index is 0.0230. The van der Waals surface area contributed by atoms with Crippen molar-refractivity contribution in [2.75, 3.05) is 13.7 Å². The van der Waals surface area contributed by atoms with Gasteiger partial charge in [0.2, 0.25) is 11.8 Å². The van der Waals surface area contributed by atoms with E-state index in [9.17, 15) is 34.5 Å². The Morgan fingerprint density at radius 3 is 2.37 bits per heavy atom. The second kappa shape index (κ2) is 13.6. The minimum atomic E-state index is -1.53. The van der Waals surface area contributed by atoms with E-state index in [2.05, 4.69) is 20.7 Å². The summed E-state index contributed by atoms with van der Waals surface area (Å²) in [6, 6.07) is 6.50. The number of benzene rings is 1. The molecule has 0 aromatic heterocycles. The van der Waals surface area contributed by atoms with E-state index in [1.54, 1.807) is 24.3 Å². The predicted octanol–water partition coefficient (Wildman–Crippen LogP) is -1.71. The Labute approximate surface area is 201 Å². The molecule has 1 heterocycles. The lowest BCUT2D eigenvalue weighted by Crippen LogP contribution is -2.68. The number of aliphatic hydroxyl groups is 3. The SMILES string of the molecule is COC(=O)[C@H](CCC(=O)N[C@@H]1O[C@H](CO)[C@@H](O)[C@H](O)[C@H]1NC(C)=O)NC(=O)OCc1ccccc1. The highest BCUT2D eigenvalue weighted by Gasteiger charge is 2.45. The Hall–Kier alpha value is -3.26. The summed E-state index contributed by atoms with van der Waals surface area (Å²) in [4.78, 5) is 48.2. The number of hydrogen-bond acceptors (Lipinski definition) is 10. The molecule has 6 N–H and O–H groups in total. The van der Waals surface area contributed by atoms with Crippen molar-refractivity contribution in [1.29, 1.82) is 0 Å². The zero-order valence-electron chi connectivity index (χ0n) is 19.4. The fraction of sp³-hybridized carbons (Fsp3) is 0.545. The van der Waals surface area contributed by atoms with E-state index in [1.807, 2.05) is 6.07 Å². The molecule has 0 aliphatic carbocycles. The molecular weight excluding hydrogens is 466 g/mol. The molecule has 0 radical (unpaired) electrons. The predicted molar refractivity (Wildman–Crippen MR) is 118 cm³/mol. The number of amides is 3. The molecule has 1 aromatic rings. The first-order valence-electron chi connectivity index (χ1n) is 10.9. The molecule has 6 atom stereocenters.